The number of hydrogen-bond donors (Lipinski definition) is 0. The molecule has 0 bridgehead atoms. The molecule has 0 aromatic rings. The molecule has 2 saturated heterocycles. The summed E-state index contributed by atoms with van der Waals surface area (Å²) in [7, 11) is 0. The van der Waals surface area contributed by atoms with Crippen LogP contribution in [0.3, 0.4) is 0 Å². The Kier molecular flexibility index (Phi) is 3.00. The number of fused-ring (bicyclic) bond motifs is 2. The van der Waals surface area contributed by atoms with Gasteiger partial charge in [-0.1, -0.05) is 0 Å². The Morgan fingerprint density at radius 1 is 0.850 bits per heavy atom. The van der Waals surface area contributed by atoms with E-state index >= 15 is 0 Å². The summed E-state index contributed by atoms with van der Waals surface area (Å²) in [5.41, 5.74) is -0.463. The molecule has 6 atom stereocenters. The smallest absolute Gasteiger partial charge is 0.127 e. The van der Waals surface area contributed by atoms with Crippen molar-refractivity contribution in [3.05, 3.63) is 0 Å². The van der Waals surface area contributed by atoms with Gasteiger partial charge in [0.1, 0.15) is 12.6 Å². The molecule has 2 heterocycles. The standard InChI is InChI=1S/C16H22O4/c17-6-5-16(9-18,10-1-3-12-14(7-10)19-12)11-2-4-13-15(8-11)20-13/h6,9-15H,1-5,7-8H2. The molecule has 2 saturated carbocycles. The lowest BCUT2D eigenvalue weighted by atomic mass is 9.58. The number of aldehydes is 2. The van der Waals surface area contributed by atoms with E-state index in [1.54, 1.807) is 0 Å². The van der Waals surface area contributed by atoms with Crippen LogP contribution in [0.15, 0.2) is 0 Å². The van der Waals surface area contributed by atoms with Crippen LogP contribution in [0.5, 0.6) is 0 Å². The highest BCUT2D eigenvalue weighted by atomic mass is 16.6. The zero-order valence-corrected chi connectivity index (χ0v) is 11.7. The van der Waals surface area contributed by atoms with E-state index < -0.39 is 5.41 Å². The molecule has 0 N–H and O–H groups in total. The van der Waals surface area contributed by atoms with Gasteiger partial charge in [-0.2, -0.15) is 0 Å². The van der Waals surface area contributed by atoms with Crippen molar-refractivity contribution in [1.82, 2.24) is 0 Å². The maximum atomic E-state index is 12.0. The number of carbonyl (C=O) groups is 2. The fourth-order valence-electron chi connectivity index (χ4n) is 4.84. The summed E-state index contributed by atoms with van der Waals surface area (Å²) in [6.45, 7) is 0. The van der Waals surface area contributed by atoms with Gasteiger partial charge in [-0.3, -0.25) is 0 Å². The first-order chi connectivity index (χ1) is 9.76. The summed E-state index contributed by atoms with van der Waals surface area (Å²) in [6.07, 6.45) is 10.1. The lowest BCUT2D eigenvalue weighted by molar-refractivity contribution is -0.130. The van der Waals surface area contributed by atoms with Crippen molar-refractivity contribution in [2.75, 3.05) is 0 Å². The second-order valence-electron chi connectivity index (χ2n) is 7.05. The van der Waals surface area contributed by atoms with E-state index in [4.69, 9.17) is 9.47 Å². The zero-order valence-electron chi connectivity index (χ0n) is 11.7. The molecule has 6 unspecified atom stereocenters. The van der Waals surface area contributed by atoms with Gasteiger partial charge in [0.15, 0.2) is 0 Å². The van der Waals surface area contributed by atoms with Crippen molar-refractivity contribution in [3.8, 4) is 0 Å². The van der Waals surface area contributed by atoms with Crippen LogP contribution in [0.25, 0.3) is 0 Å². The van der Waals surface area contributed by atoms with Crippen LogP contribution in [-0.2, 0) is 19.1 Å². The van der Waals surface area contributed by atoms with Crippen LogP contribution in [0.1, 0.15) is 44.9 Å². The quantitative estimate of drug-likeness (QED) is 0.569. The summed E-state index contributed by atoms with van der Waals surface area (Å²) in [4.78, 5) is 23.2. The molecule has 20 heavy (non-hydrogen) atoms. The molecule has 4 fully saturated rings. The van der Waals surface area contributed by atoms with Gasteiger partial charge in [-0.05, 0) is 50.4 Å². The molecule has 2 aliphatic heterocycles. The summed E-state index contributed by atoms with van der Waals surface area (Å²) in [5.74, 6) is 0.628. The summed E-state index contributed by atoms with van der Waals surface area (Å²) in [5, 5.41) is 0. The van der Waals surface area contributed by atoms with E-state index in [0.717, 1.165) is 51.1 Å². The van der Waals surface area contributed by atoms with E-state index in [2.05, 4.69) is 0 Å². The highest BCUT2D eigenvalue weighted by molar-refractivity contribution is 5.68. The van der Waals surface area contributed by atoms with Crippen LogP contribution in [0, 0.1) is 17.3 Å². The molecular weight excluding hydrogens is 256 g/mol. The predicted octanol–water partition coefficient (Wildman–Crippen LogP) is 1.90. The van der Waals surface area contributed by atoms with Gasteiger partial charge in [0.2, 0.25) is 0 Å². The van der Waals surface area contributed by atoms with Crippen LogP contribution in [0.2, 0.25) is 0 Å². The van der Waals surface area contributed by atoms with Crippen molar-refractivity contribution < 1.29 is 19.1 Å². The molecular formula is C16H22O4. The largest absolute Gasteiger partial charge is 0.370 e. The Hall–Kier alpha value is -0.740. The van der Waals surface area contributed by atoms with Crippen molar-refractivity contribution in [2.24, 2.45) is 17.3 Å². The number of hydrogen-bond acceptors (Lipinski definition) is 4. The summed E-state index contributed by atoms with van der Waals surface area (Å²) in [6, 6.07) is 0. The summed E-state index contributed by atoms with van der Waals surface area (Å²) < 4.78 is 11.2. The first-order valence-corrected chi connectivity index (χ1v) is 7.97. The number of ether oxygens (including phenoxy) is 2. The van der Waals surface area contributed by atoms with Gasteiger partial charge >= 0.3 is 0 Å². The lowest BCUT2D eigenvalue weighted by Crippen LogP contribution is -2.44. The Morgan fingerprint density at radius 2 is 1.40 bits per heavy atom. The van der Waals surface area contributed by atoms with Gasteiger partial charge < -0.3 is 19.1 Å². The number of carbonyl (C=O) groups excluding carboxylic acids is 2. The van der Waals surface area contributed by atoms with Gasteiger partial charge in [-0.25, -0.2) is 0 Å². The molecule has 0 amide bonds. The highest BCUT2D eigenvalue weighted by Gasteiger charge is 2.56. The minimum atomic E-state index is -0.463. The fraction of sp³-hybridized carbons (Fsp3) is 0.875. The predicted molar refractivity (Wildman–Crippen MR) is 71.2 cm³/mol. The third kappa shape index (κ3) is 1.96. The Balaban J connectivity index is 1.57. The number of epoxide rings is 2. The first-order valence-electron chi connectivity index (χ1n) is 7.97. The SMILES string of the molecule is O=CCC(C=O)(C1CCC2OC2C1)C1CCC2OC2C1. The van der Waals surface area contributed by atoms with Crippen LogP contribution in [-0.4, -0.2) is 37.0 Å². The van der Waals surface area contributed by atoms with E-state index in [0.29, 0.717) is 42.7 Å². The van der Waals surface area contributed by atoms with Gasteiger partial charge in [0.25, 0.3) is 0 Å². The van der Waals surface area contributed by atoms with Crippen LogP contribution < -0.4 is 0 Å². The van der Waals surface area contributed by atoms with E-state index in [1.807, 2.05) is 0 Å². The maximum Gasteiger partial charge on any atom is 0.127 e. The molecule has 4 rings (SSSR count). The third-order valence-corrected chi connectivity index (χ3v) is 6.18. The van der Waals surface area contributed by atoms with Crippen LogP contribution >= 0.6 is 0 Å². The molecule has 0 aromatic heterocycles. The third-order valence-electron chi connectivity index (χ3n) is 6.18. The monoisotopic (exact) mass is 278 g/mol. The van der Waals surface area contributed by atoms with E-state index in [9.17, 15) is 9.59 Å². The molecule has 2 aliphatic carbocycles. The topological polar surface area (TPSA) is 59.2 Å². The fourth-order valence-corrected chi connectivity index (χ4v) is 4.84. The van der Waals surface area contributed by atoms with Crippen molar-refractivity contribution >= 4 is 12.6 Å². The van der Waals surface area contributed by atoms with E-state index in [1.165, 1.54) is 0 Å². The van der Waals surface area contributed by atoms with Crippen LogP contribution in [0.4, 0.5) is 0 Å². The Bertz CT molecular complexity index is 393. The molecule has 0 aromatic carbocycles. The average molecular weight is 278 g/mol. The average Bonchev–Trinajstić information content (AvgIpc) is 3.36. The van der Waals surface area contributed by atoms with Crippen molar-refractivity contribution in [2.45, 2.75) is 69.4 Å². The van der Waals surface area contributed by atoms with Gasteiger partial charge in [0.05, 0.1) is 24.4 Å². The second-order valence-corrected chi connectivity index (χ2v) is 7.05. The van der Waals surface area contributed by atoms with E-state index in [-0.39, 0.29) is 0 Å². The minimum absolute atomic E-state index is 0.314. The number of rotatable bonds is 5. The van der Waals surface area contributed by atoms with Crippen molar-refractivity contribution in [3.63, 3.8) is 0 Å². The zero-order chi connectivity index (χ0) is 13.7. The molecule has 4 heteroatoms. The lowest BCUT2D eigenvalue weighted by Gasteiger charge is -2.43. The molecule has 4 nitrogen and oxygen atoms in total. The first kappa shape index (κ1) is 13.0. The highest BCUT2D eigenvalue weighted by Crippen LogP contribution is 2.55. The molecule has 0 spiro atoms. The maximum absolute atomic E-state index is 12.0. The molecule has 4 aliphatic rings. The Labute approximate surface area is 119 Å². The van der Waals surface area contributed by atoms with Crippen molar-refractivity contribution in [1.29, 1.82) is 0 Å². The van der Waals surface area contributed by atoms with Gasteiger partial charge in [-0.15, -0.1) is 0 Å². The summed E-state index contributed by atoms with van der Waals surface area (Å²) >= 11 is 0. The second kappa shape index (κ2) is 4.63. The molecule has 110 valence electrons. The minimum Gasteiger partial charge on any atom is -0.370 e. The Morgan fingerprint density at radius 3 is 1.80 bits per heavy atom. The normalized spacial score (nSPS) is 48.4. The molecule has 0 radical (unpaired) electrons. The van der Waals surface area contributed by atoms with Gasteiger partial charge in [0, 0.05) is 11.8 Å².